The number of aliphatic hydroxyl groups excluding tert-OH is 1. The Kier molecular flexibility index (Phi) is 4.90. The Bertz CT molecular complexity index is 641. The van der Waals surface area contributed by atoms with Gasteiger partial charge in [-0.2, -0.15) is 0 Å². The molecule has 0 bridgehead atoms. The summed E-state index contributed by atoms with van der Waals surface area (Å²) in [7, 11) is 0. The molecule has 2 aliphatic rings. The van der Waals surface area contributed by atoms with Crippen LogP contribution in [-0.4, -0.2) is 47.1 Å². The van der Waals surface area contributed by atoms with Crippen LogP contribution in [0.4, 0.5) is 5.69 Å². The Morgan fingerprint density at radius 2 is 2.12 bits per heavy atom. The minimum Gasteiger partial charge on any atom is -0.393 e. The van der Waals surface area contributed by atoms with Crippen LogP contribution in [0.3, 0.4) is 0 Å². The van der Waals surface area contributed by atoms with Crippen molar-refractivity contribution in [3.05, 3.63) is 29.3 Å². The van der Waals surface area contributed by atoms with Crippen molar-refractivity contribution < 1.29 is 14.7 Å². The van der Waals surface area contributed by atoms with Crippen molar-refractivity contribution in [2.75, 3.05) is 18.0 Å². The van der Waals surface area contributed by atoms with Gasteiger partial charge in [0.1, 0.15) is 0 Å². The first kappa shape index (κ1) is 17.0. The third kappa shape index (κ3) is 3.18. The number of carbonyl (C=O) groups is 2. The third-order valence-electron chi connectivity index (χ3n) is 5.08. The van der Waals surface area contributed by atoms with E-state index in [2.05, 4.69) is 0 Å². The number of likely N-dealkylation sites (tertiary alicyclic amines) is 1. The zero-order valence-corrected chi connectivity index (χ0v) is 14.5. The molecule has 5 nitrogen and oxygen atoms in total. The number of hydrogen-bond donors (Lipinski definition) is 1. The predicted molar refractivity (Wildman–Crippen MR) is 93.1 cm³/mol. The normalized spacial score (nSPS) is 21.0. The quantitative estimate of drug-likeness (QED) is 0.922. The third-order valence-corrected chi connectivity index (χ3v) is 5.08. The van der Waals surface area contributed by atoms with Crippen molar-refractivity contribution in [1.82, 2.24) is 4.90 Å². The molecule has 2 amide bonds. The number of benzene rings is 1. The number of carbonyl (C=O) groups excluding carboxylic acids is 2. The molecule has 3 rings (SSSR count). The summed E-state index contributed by atoms with van der Waals surface area (Å²) in [6.07, 6.45) is 3.49. The number of nitrogens with zero attached hydrogens (tertiary/aromatic N) is 2. The Morgan fingerprint density at radius 1 is 1.33 bits per heavy atom. The topological polar surface area (TPSA) is 60.9 Å². The largest absolute Gasteiger partial charge is 0.393 e. The van der Waals surface area contributed by atoms with Crippen LogP contribution >= 0.6 is 0 Å². The van der Waals surface area contributed by atoms with E-state index in [1.807, 2.05) is 34.9 Å². The van der Waals surface area contributed by atoms with E-state index in [0.29, 0.717) is 24.9 Å². The van der Waals surface area contributed by atoms with Crippen molar-refractivity contribution in [1.29, 1.82) is 0 Å². The molecular formula is C19H26N2O3. The zero-order chi connectivity index (χ0) is 17.3. The van der Waals surface area contributed by atoms with Crippen LogP contribution in [0.5, 0.6) is 0 Å². The summed E-state index contributed by atoms with van der Waals surface area (Å²) in [5.41, 5.74) is 2.71. The average Bonchev–Trinajstić information content (AvgIpc) is 3.19. The molecule has 5 heteroatoms. The summed E-state index contributed by atoms with van der Waals surface area (Å²) in [5.74, 6) is 0.172. The SMILES string of the molecule is CCC(=O)N1CCc2cc(C(=O)N3CCCC3CC(C)O)ccc21. The monoisotopic (exact) mass is 330 g/mol. The minimum atomic E-state index is -0.392. The van der Waals surface area contributed by atoms with E-state index >= 15 is 0 Å². The van der Waals surface area contributed by atoms with Gasteiger partial charge in [0, 0.05) is 36.8 Å². The Balaban J connectivity index is 1.79. The van der Waals surface area contributed by atoms with Crippen molar-refractivity contribution in [2.45, 2.75) is 58.1 Å². The van der Waals surface area contributed by atoms with Crippen molar-refractivity contribution in [2.24, 2.45) is 0 Å². The highest BCUT2D eigenvalue weighted by molar-refractivity contribution is 5.98. The first-order chi connectivity index (χ1) is 11.5. The molecule has 1 aromatic rings. The van der Waals surface area contributed by atoms with Crippen LogP contribution < -0.4 is 4.90 Å². The van der Waals surface area contributed by atoms with Crippen LogP contribution in [0.2, 0.25) is 0 Å². The van der Waals surface area contributed by atoms with E-state index in [1.54, 1.807) is 6.92 Å². The number of anilines is 1. The van der Waals surface area contributed by atoms with Crippen molar-refractivity contribution in [3.8, 4) is 0 Å². The lowest BCUT2D eigenvalue weighted by atomic mass is 10.0. The summed E-state index contributed by atoms with van der Waals surface area (Å²) in [6, 6.07) is 5.81. The lowest BCUT2D eigenvalue weighted by Gasteiger charge is -2.26. The van der Waals surface area contributed by atoms with E-state index in [1.165, 1.54) is 0 Å². The van der Waals surface area contributed by atoms with Gasteiger partial charge in [0.05, 0.1) is 6.10 Å². The Hall–Kier alpha value is -1.88. The van der Waals surface area contributed by atoms with Gasteiger partial charge in [-0.3, -0.25) is 9.59 Å². The van der Waals surface area contributed by atoms with Gasteiger partial charge < -0.3 is 14.9 Å². The molecule has 0 spiro atoms. The second-order valence-corrected chi connectivity index (χ2v) is 6.87. The molecule has 2 unspecified atom stereocenters. The Labute approximate surface area is 143 Å². The fourth-order valence-corrected chi connectivity index (χ4v) is 3.89. The highest BCUT2D eigenvalue weighted by Crippen LogP contribution is 2.31. The maximum Gasteiger partial charge on any atom is 0.254 e. The smallest absolute Gasteiger partial charge is 0.254 e. The van der Waals surface area contributed by atoms with Gasteiger partial charge in [-0.15, -0.1) is 0 Å². The summed E-state index contributed by atoms with van der Waals surface area (Å²) < 4.78 is 0. The molecule has 2 atom stereocenters. The van der Waals surface area contributed by atoms with Crippen LogP contribution in [0.15, 0.2) is 18.2 Å². The van der Waals surface area contributed by atoms with Gasteiger partial charge in [-0.25, -0.2) is 0 Å². The van der Waals surface area contributed by atoms with Crippen molar-refractivity contribution in [3.63, 3.8) is 0 Å². The summed E-state index contributed by atoms with van der Waals surface area (Å²) in [4.78, 5) is 28.6. The van der Waals surface area contributed by atoms with Crippen LogP contribution in [-0.2, 0) is 11.2 Å². The van der Waals surface area contributed by atoms with E-state index in [9.17, 15) is 14.7 Å². The summed E-state index contributed by atoms with van der Waals surface area (Å²) >= 11 is 0. The van der Waals surface area contributed by atoms with E-state index in [4.69, 9.17) is 0 Å². The molecule has 24 heavy (non-hydrogen) atoms. The first-order valence-corrected chi connectivity index (χ1v) is 8.93. The molecule has 1 saturated heterocycles. The van der Waals surface area contributed by atoms with Gasteiger partial charge in [0.25, 0.3) is 5.91 Å². The number of aliphatic hydroxyl groups is 1. The lowest BCUT2D eigenvalue weighted by molar-refractivity contribution is -0.118. The maximum atomic E-state index is 12.9. The molecule has 0 aromatic heterocycles. The van der Waals surface area contributed by atoms with Crippen LogP contribution in [0.1, 0.15) is 55.5 Å². The van der Waals surface area contributed by atoms with E-state index < -0.39 is 6.10 Å². The lowest BCUT2D eigenvalue weighted by Crippen LogP contribution is -2.37. The zero-order valence-electron chi connectivity index (χ0n) is 14.5. The van der Waals surface area contributed by atoms with Gasteiger partial charge in [0.15, 0.2) is 0 Å². The fraction of sp³-hybridized carbons (Fsp3) is 0.579. The first-order valence-electron chi connectivity index (χ1n) is 8.93. The summed E-state index contributed by atoms with van der Waals surface area (Å²) in [6.45, 7) is 5.10. The van der Waals surface area contributed by atoms with Crippen LogP contribution in [0, 0.1) is 0 Å². The highest BCUT2D eigenvalue weighted by Gasteiger charge is 2.31. The molecule has 0 aliphatic carbocycles. The molecule has 1 fully saturated rings. The second kappa shape index (κ2) is 6.93. The van der Waals surface area contributed by atoms with Gasteiger partial charge in [-0.05, 0) is 56.4 Å². The minimum absolute atomic E-state index is 0.0428. The van der Waals surface area contributed by atoms with Gasteiger partial charge in [-0.1, -0.05) is 6.92 Å². The molecule has 0 saturated carbocycles. The molecule has 130 valence electrons. The molecule has 2 aliphatic heterocycles. The molecule has 2 heterocycles. The molecule has 0 radical (unpaired) electrons. The molecule has 1 aromatic carbocycles. The van der Waals surface area contributed by atoms with Crippen LogP contribution in [0.25, 0.3) is 0 Å². The second-order valence-electron chi connectivity index (χ2n) is 6.87. The van der Waals surface area contributed by atoms with E-state index in [-0.39, 0.29) is 17.9 Å². The number of fused-ring (bicyclic) bond motifs is 1. The standard InChI is InChI=1S/C19H26N2O3/c1-3-18(23)21-10-8-14-12-15(6-7-17(14)21)19(24)20-9-4-5-16(20)11-13(2)22/h6-7,12-13,16,22H,3-5,8-11H2,1-2H3. The summed E-state index contributed by atoms with van der Waals surface area (Å²) in [5, 5.41) is 9.64. The average molecular weight is 330 g/mol. The maximum absolute atomic E-state index is 12.9. The molecular weight excluding hydrogens is 304 g/mol. The van der Waals surface area contributed by atoms with Gasteiger partial charge >= 0.3 is 0 Å². The highest BCUT2D eigenvalue weighted by atomic mass is 16.3. The number of amides is 2. The van der Waals surface area contributed by atoms with Crippen molar-refractivity contribution >= 4 is 17.5 Å². The fourth-order valence-electron chi connectivity index (χ4n) is 3.89. The number of rotatable bonds is 4. The predicted octanol–water partition coefficient (Wildman–Crippen LogP) is 2.36. The van der Waals surface area contributed by atoms with E-state index in [0.717, 1.165) is 37.1 Å². The number of hydrogen-bond acceptors (Lipinski definition) is 3. The Morgan fingerprint density at radius 3 is 2.83 bits per heavy atom. The molecule has 1 N–H and O–H groups in total. The van der Waals surface area contributed by atoms with Gasteiger partial charge in [0.2, 0.25) is 5.91 Å².